The van der Waals surface area contributed by atoms with Crippen LogP contribution in [0.2, 0.25) is 0 Å². The molecular weight excluding hydrogens is 1920 g/mol. The molecule has 0 saturated carbocycles. The van der Waals surface area contributed by atoms with E-state index in [4.69, 9.17) is 86.4 Å². The maximum Gasteiger partial charge on any atom is 0.410 e. The van der Waals surface area contributed by atoms with E-state index >= 15 is 9.59 Å². The van der Waals surface area contributed by atoms with Crippen LogP contribution in [0.1, 0.15) is 202 Å². The van der Waals surface area contributed by atoms with E-state index in [9.17, 15) is 62.6 Å². The number of carbonyl (C=O) groups is 14. The van der Waals surface area contributed by atoms with Crippen LogP contribution in [0, 0.1) is 53.3 Å². The Morgan fingerprint density at radius 2 is 1.00 bits per heavy atom. The first kappa shape index (κ1) is 129. The minimum absolute atomic E-state index is 0.0448. The number of urea groups is 1. The van der Waals surface area contributed by atoms with Gasteiger partial charge in [-0.3, -0.25) is 52.7 Å². The fraction of sp³-hybridized carbons (Fsp3) is 0.738. The number of hydrogen-bond acceptors (Lipinski definition) is 32. The Labute approximate surface area is 874 Å². The second kappa shape index (κ2) is 75.4. The number of hydroxylamine groups is 2. The number of rotatable bonds is 49. The van der Waals surface area contributed by atoms with Gasteiger partial charge in [-0.1, -0.05) is 136 Å². The molecule has 148 heavy (non-hydrogen) atoms. The molecule has 6 N–H and O–H groups in total. The maximum atomic E-state index is 15.1. The number of likely N-dealkylation sites (N-methyl/N-ethyl adjacent to an activating group) is 2. The third kappa shape index (κ3) is 50.3. The van der Waals surface area contributed by atoms with Crippen LogP contribution >= 0.6 is 0 Å². The van der Waals surface area contributed by atoms with E-state index in [1.54, 1.807) is 82.8 Å². The number of aliphatic hydroxyl groups excluding tert-OH is 1. The summed E-state index contributed by atoms with van der Waals surface area (Å²) in [6.45, 7) is 27.0. The van der Waals surface area contributed by atoms with Crippen LogP contribution in [-0.2, 0) is 145 Å². The van der Waals surface area contributed by atoms with Crippen molar-refractivity contribution in [3.63, 3.8) is 0 Å². The predicted octanol–water partition coefficient (Wildman–Crippen LogP) is 9.00. The number of primary amides is 1. The van der Waals surface area contributed by atoms with Gasteiger partial charge in [0.05, 0.1) is 221 Å². The van der Waals surface area contributed by atoms with Gasteiger partial charge in [-0.05, 0) is 97.8 Å². The molecule has 3 heterocycles. The Bertz CT molecular complexity index is 4170. The Balaban J connectivity index is 1.23. The number of nitrogens with one attached hydrogen (secondary N) is 3. The SMILES string of the molecule is CC[C@H](C)[C@@H]([C@@H](CC(=O)N1CCC[C@H]1[C@H](OC)[C@@H](C)C(=O)C[C@H](C)[C@@H](O)c1ccccc1)OC)N(C)C(=O)[C@@H](CC(=O)[C@H](C(C)C)N(C)C(=O)OCc1ccc(NC(=O)[C@H](CCCNC(N)=O)CC(=O)[C@@H](NC(=O)CC[C@H](CC(=O)CCCCCCC(=O)ON2C(=O)C=CC2=O)C(=O)N2CCOCCOCCOCCOCCOCCOCCOCCOCCOCCOCCOCCOCCOCC2)C(C)C)cc1)C(C)C. The number of ether oxygens (including phenoxy) is 16. The zero-order valence-electron chi connectivity index (χ0n) is 90.2. The third-order valence-corrected chi connectivity index (χ3v) is 26.4. The van der Waals surface area contributed by atoms with E-state index in [0.717, 1.165) is 17.7 Å². The van der Waals surface area contributed by atoms with Crippen LogP contribution in [0.15, 0.2) is 66.7 Å². The third-order valence-electron chi connectivity index (χ3n) is 26.4. The number of carbonyl (C=O) groups excluding carboxylic acids is 14. The quantitative estimate of drug-likeness (QED) is 0.0304. The zero-order valence-corrected chi connectivity index (χ0v) is 90.2. The molecule has 0 spiro atoms. The molecule has 0 aromatic heterocycles. The lowest BCUT2D eigenvalue weighted by molar-refractivity contribution is -0.196. The first-order valence-electron chi connectivity index (χ1n) is 52.8. The number of hydrogen-bond donors (Lipinski definition) is 5. The Morgan fingerprint density at radius 3 is 1.46 bits per heavy atom. The number of Topliss-reactive ketones (excluding diaryl/α,β-unsaturated/α-hetero) is 4. The highest BCUT2D eigenvalue weighted by Gasteiger charge is 2.45. The standard InChI is InChI=1S/C107H173N9O32/c1-15-78(8)100(92(132-13)73-96(124)115-40-24-29-88(115)102(133-14)80(10)89(118)69-79(9)101(126)82-25-19-18-20-26-82)112(11)105(129)87(75(2)3)72-91(120)99(77(6)7)113(12)107(131)147-74-81-31-34-85(35-32-81)110-103(127)83(27-23-39-109-106(108)130)71-90(119)98(76(4)5)111-93(121)36-33-84(70-86(117)28-21-16-17-22-30-97(125)148-116-94(122)37-38-95(116)123)104(128)114-41-43-134-45-47-136-49-51-138-53-55-140-57-59-142-61-63-144-65-67-146-68-66-145-64-62-143-60-58-141-56-54-139-52-50-137-48-46-135-44-42-114/h18-20,25-26,31-32,34-35,37-38,75-80,83-84,87-88,92,98-102,126H,15-17,21-24,27-30,33,36,39-74H2,1-14H3,(H,110,127)(H,111,121)(H3,108,109,130)/t78-,79-,80-,83+,84+,87-,88-,92+,98-,99-,100-,101+,102+/m0/s1. The van der Waals surface area contributed by atoms with E-state index in [-0.39, 0.29) is 197 Å². The number of benzene rings is 2. The number of unbranched alkanes of at least 4 members (excludes halogenated alkanes) is 3. The van der Waals surface area contributed by atoms with Crippen LogP contribution < -0.4 is 21.7 Å². The molecule has 2 aromatic rings. The Morgan fingerprint density at radius 1 is 0.507 bits per heavy atom. The fourth-order valence-electron chi connectivity index (χ4n) is 17.8. The molecule has 0 aliphatic carbocycles. The summed E-state index contributed by atoms with van der Waals surface area (Å²) >= 11 is 0. The molecule has 0 unspecified atom stereocenters. The first-order valence-corrected chi connectivity index (χ1v) is 52.8. The summed E-state index contributed by atoms with van der Waals surface area (Å²) in [5, 5.41) is 19.8. The molecule has 3 aliphatic rings. The highest BCUT2D eigenvalue weighted by molar-refractivity contribution is 6.12. The lowest BCUT2D eigenvalue weighted by atomic mass is 9.83. The first-order chi connectivity index (χ1) is 71.1. The summed E-state index contributed by atoms with van der Waals surface area (Å²) in [4.78, 5) is 205. The molecule has 0 bridgehead atoms. The number of nitrogens with zero attached hydrogens (tertiary/aromatic N) is 5. The second-order valence-electron chi connectivity index (χ2n) is 38.7. The van der Waals surface area contributed by atoms with Crippen molar-refractivity contribution in [2.24, 2.45) is 59.0 Å². The molecule has 2 saturated heterocycles. The van der Waals surface area contributed by atoms with Crippen molar-refractivity contribution in [1.29, 1.82) is 0 Å². The van der Waals surface area contributed by atoms with Gasteiger partial charge in [0.1, 0.15) is 18.2 Å². The van der Waals surface area contributed by atoms with Gasteiger partial charge in [-0.25, -0.2) is 14.4 Å². The molecule has 41 heteroatoms. The molecular formula is C107H173N9O32. The number of imide groups is 1. The van der Waals surface area contributed by atoms with Gasteiger partial charge >= 0.3 is 18.1 Å². The summed E-state index contributed by atoms with van der Waals surface area (Å²) in [5.74, 6) is -11.1. The minimum atomic E-state index is -1.14. The molecule has 13 atom stereocenters. The van der Waals surface area contributed by atoms with Crippen molar-refractivity contribution >= 4 is 88.3 Å². The average Bonchev–Trinajstić information content (AvgIpc) is 1.40. The fourth-order valence-corrected chi connectivity index (χ4v) is 17.8. The van der Waals surface area contributed by atoms with E-state index in [1.807, 2.05) is 65.0 Å². The van der Waals surface area contributed by atoms with Crippen molar-refractivity contribution in [3.05, 3.63) is 77.9 Å². The number of anilines is 1. The topological polar surface area (TPSA) is 494 Å². The summed E-state index contributed by atoms with van der Waals surface area (Å²) in [6.07, 6.45) is 1.47. The second-order valence-corrected chi connectivity index (χ2v) is 38.7. The Hall–Kier alpha value is -9.28. The molecule has 0 radical (unpaired) electrons. The van der Waals surface area contributed by atoms with Crippen molar-refractivity contribution in [2.45, 2.75) is 234 Å². The van der Waals surface area contributed by atoms with Crippen LogP contribution in [0.3, 0.4) is 0 Å². The molecule has 838 valence electrons. The highest BCUT2D eigenvalue weighted by Crippen LogP contribution is 2.35. The van der Waals surface area contributed by atoms with Crippen molar-refractivity contribution < 1.29 is 153 Å². The Kier molecular flexibility index (Phi) is 65.8. The van der Waals surface area contributed by atoms with Gasteiger partial charge in [-0.2, -0.15) is 0 Å². The van der Waals surface area contributed by atoms with Crippen LogP contribution in [-0.4, -0.2) is 375 Å². The lowest BCUT2D eigenvalue weighted by Crippen LogP contribution is -2.54. The van der Waals surface area contributed by atoms with Crippen molar-refractivity contribution in [3.8, 4) is 0 Å². The number of methoxy groups -OCH3 is 2. The monoisotopic (exact) mass is 2100 g/mol. The van der Waals surface area contributed by atoms with E-state index in [1.165, 1.54) is 24.0 Å². The van der Waals surface area contributed by atoms with E-state index < -0.39 is 131 Å². The largest absolute Gasteiger partial charge is 0.445 e. The number of ketones is 4. The lowest BCUT2D eigenvalue weighted by Gasteiger charge is -2.41. The van der Waals surface area contributed by atoms with Gasteiger partial charge < -0.3 is 127 Å². The van der Waals surface area contributed by atoms with Crippen LogP contribution in [0.25, 0.3) is 0 Å². The summed E-state index contributed by atoms with van der Waals surface area (Å²) < 4.78 is 91.8. The van der Waals surface area contributed by atoms with Crippen LogP contribution in [0.4, 0.5) is 15.3 Å². The average molecular weight is 2100 g/mol. The van der Waals surface area contributed by atoms with Gasteiger partial charge in [0.15, 0.2) is 11.6 Å². The van der Waals surface area contributed by atoms with E-state index in [0.29, 0.717) is 187 Å². The number of aliphatic hydroxyl groups is 1. The minimum Gasteiger partial charge on any atom is -0.445 e. The number of amides is 10. The molecule has 2 aromatic carbocycles. The van der Waals surface area contributed by atoms with Gasteiger partial charge in [-0.15, -0.1) is 0 Å². The molecule has 2 fully saturated rings. The zero-order chi connectivity index (χ0) is 109. The molecule has 5 rings (SSSR count). The number of nitrogens with two attached hydrogens (primary N) is 1. The van der Waals surface area contributed by atoms with Gasteiger partial charge in [0.2, 0.25) is 29.5 Å². The highest BCUT2D eigenvalue weighted by atomic mass is 16.7. The maximum absolute atomic E-state index is 15.1. The molecule has 41 nitrogen and oxygen atoms in total. The normalized spacial score (nSPS) is 19.2. The smallest absolute Gasteiger partial charge is 0.410 e. The van der Waals surface area contributed by atoms with Crippen LogP contribution in [0.5, 0.6) is 0 Å². The predicted molar refractivity (Wildman–Crippen MR) is 547 cm³/mol. The summed E-state index contributed by atoms with van der Waals surface area (Å²) in [7, 11) is 6.18. The molecule has 3 aliphatic heterocycles. The van der Waals surface area contributed by atoms with Gasteiger partial charge in [0, 0.05) is 141 Å². The molecule has 10 amide bonds. The van der Waals surface area contributed by atoms with Crippen molar-refractivity contribution in [1.82, 2.24) is 35.3 Å². The van der Waals surface area contributed by atoms with Crippen molar-refractivity contribution in [2.75, 3.05) is 232 Å². The summed E-state index contributed by atoms with van der Waals surface area (Å²) in [5.41, 5.74) is 6.93. The summed E-state index contributed by atoms with van der Waals surface area (Å²) in [6, 6.07) is 11.6. The van der Waals surface area contributed by atoms with Gasteiger partial charge in [0.25, 0.3) is 11.8 Å². The van der Waals surface area contributed by atoms with E-state index in [2.05, 4.69) is 16.0 Å². The number of likely N-dealkylation sites (tertiary alicyclic amines) is 1.